The molecule has 2 aromatic heterocycles. The molecule has 2 heterocycles. The van der Waals surface area contributed by atoms with Crippen molar-refractivity contribution in [1.82, 2.24) is 20.8 Å². The zero-order valence-corrected chi connectivity index (χ0v) is 23.6. The van der Waals surface area contributed by atoms with Gasteiger partial charge < -0.3 is 14.5 Å². The van der Waals surface area contributed by atoms with Crippen molar-refractivity contribution < 1.29 is 22.0 Å². The predicted octanol–water partition coefficient (Wildman–Crippen LogP) is 5.64. The number of furan rings is 1. The molecular formula is C29H27ClFN5O4S. The van der Waals surface area contributed by atoms with E-state index in [1.54, 1.807) is 36.4 Å². The maximum absolute atomic E-state index is 13.9. The van der Waals surface area contributed by atoms with E-state index in [9.17, 15) is 12.8 Å². The van der Waals surface area contributed by atoms with Crippen molar-refractivity contribution in [3.63, 3.8) is 0 Å². The predicted molar refractivity (Wildman–Crippen MR) is 157 cm³/mol. The summed E-state index contributed by atoms with van der Waals surface area (Å²) in [5.74, 6) is 2.06. The summed E-state index contributed by atoms with van der Waals surface area (Å²) in [6, 6.07) is 21.1. The standard InChI is InChI=1S/C29H27ClFN5O4S/c1-41(37,38)13-12-34-35-16-22-8-11-27(40-22)19-6-9-26-23(14-19)29(33-18-32-26)36-21-7-10-28(24(30)15-21)39-17-20-4-2-3-5-25(20)31/h2-11,14-15,18,34-35H,12-13,16-17H2,1H3,(H,32,33,36). The van der Waals surface area contributed by atoms with Gasteiger partial charge in [-0.3, -0.25) is 10.9 Å². The molecule has 12 heteroatoms. The van der Waals surface area contributed by atoms with Gasteiger partial charge in [-0.05, 0) is 54.6 Å². The van der Waals surface area contributed by atoms with Crippen LogP contribution in [0.5, 0.6) is 5.75 Å². The molecule has 3 aromatic carbocycles. The summed E-state index contributed by atoms with van der Waals surface area (Å²) >= 11 is 6.46. The van der Waals surface area contributed by atoms with E-state index in [4.69, 9.17) is 20.8 Å². The molecule has 0 amide bonds. The number of rotatable bonds is 12. The van der Waals surface area contributed by atoms with E-state index in [-0.39, 0.29) is 18.2 Å². The highest BCUT2D eigenvalue weighted by atomic mass is 35.5. The Kier molecular flexibility index (Phi) is 8.79. The molecule has 0 aliphatic rings. The van der Waals surface area contributed by atoms with Crippen LogP contribution < -0.4 is 20.9 Å². The first-order valence-electron chi connectivity index (χ1n) is 12.7. The SMILES string of the molecule is CS(=O)(=O)CCNNCc1ccc(-c2ccc3ncnc(Nc4ccc(OCc5ccccc5F)c(Cl)c4)c3c2)o1. The third-order valence-corrected chi connectivity index (χ3v) is 7.34. The number of aromatic nitrogens is 2. The number of hydrazine groups is 1. The minimum Gasteiger partial charge on any atom is -0.487 e. The molecule has 0 fully saturated rings. The van der Waals surface area contributed by atoms with Gasteiger partial charge >= 0.3 is 0 Å². The van der Waals surface area contributed by atoms with Gasteiger partial charge in [0.25, 0.3) is 0 Å². The van der Waals surface area contributed by atoms with Gasteiger partial charge in [0.05, 0.1) is 22.8 Å². The Morgan fingerprint density at radius 3 is 2.66 bits per heavy atom. The number of benzene rings is 3. The summed E-state index contributed by atoms with van der Waals surface area (Å²) in [6.45, 7) is 0.734. The Morgan fingerprint density at radius 1 is 1.00 bits per heavy atom. The molecule has 212 valence electrons. The molecule has 0 unspecified atom stereocenters. The molecule has 0 saturated carbocycles. The molecule has 3 N–H and O–H groups in total. The monoisotopic (exact) mass is 595 g/mol. The maximum Gasteiger partial charge on any atom is 0.148 e. The van der Waals surface area contributed by atoms with Crippen molar-refractivity contribution in [2.24, 2.45) is 0 Å². The number of anilines is 2. The van der Waals surface area contributed by atoms with Crippen molar-refractivity contribution in [3.05, 3.63) is 101 Å². The molecule has 5 aromatic rings. The number of fused-ring (bicyclic) bond motifs is 1. The van der Waals surface area contributed by atoms with Crippen molar-refractivity contribution >= 4 is 43.8 Å². The van der Waals surface area contributed by atoms with Gasteiger partial charge in [-0.1, -0.05) is 29.8 Å². The largest absolute Gasteiger partial charge is 0.487 e. The molecule has 0 atom stereocenters. The van der Waals surface area contributed by atoms with Crippen molar-refractivity contribution in [2.45, 2.75) is 13.2 Å². The second-order valence-corrected chi connectivity index (χ2v) is 11.9. The van der Waals surface area contributed by atoms with Gasteiger partial charge in [-0.15, -0.1) is 0 Å². The summed E-state index contributed by atoms with van der Waals surface area (Å²) in [5, 5.41) is 4.44. The van der Waals surface area contributed by atoms with Crippen LogP contribution in [-0.2, 0) is 23.0 Å². The van der Waals surface area contributed by atoms with E-state index in [1.807, 2.05) is 30.3 Å². The third-order valence-electron chi connectivity index (χ3n) is 6.10. The fourth-order valence-electron chi connectivity index (χ4n) is 4.02. The molecular weight excluding hydrogens is 569 g/mol. The van der Waals surface area contributed by atoms with Crippen molar-refractivity contribution in [2.75, 3.05) is 23.9 Å². The number of nitrogens with one attached hydrogen (secondary N) is 3. The highest BCUT2D eigenvalue weighted by Gasteiger charge is 2.12. The number of nitrogens with zero attached hydrogens (tertiary/aromatic N) is 2. The number of ether oxygens (including phenoxy) is 1. The summed E-state index contributed by atoms with van der Waals surface area (Å²) < 4.78 is 48.1. The molecule has 0 spiro atoms. The average Bonchev–Trinajstić information content (AvgIpc) is 3.42. The fourth-order valence-corrected chi connectivity index (χ4v) is 4.72. The first kappa shape index (κ1) is 28.5. The lowest BCUT2D eigenvalue weighted by atomic mass is 10.1. The quantitative estimate of drug-likeness (QED) is 0.124. The molecule has 9 nitrogen and oxygen atoms in total. The zero-order chi connectivity index (χ0) is 28.8. The van der Waals surface area contributed by atoms with E-state index in [0.29, 0.717) is 52.5 Å². The van der Waals surface area contributed by atoms with E-state index < -0.39 is 9.84 Å². The van der Waals surface area contributed by atoms with E-state index in [2.05, 4.69) is 26.1 Å². The second kappa shape index (κ2) is 12.6. The van der Waals surface area contributed by atoms with Crippen molar-refractivity contribution in [3.8, 4) is 17.1 Å². The Balaban J connectivity index is 1.27. The topological polar surface area (TPSA) is 118 Å². The van der Waals surface area contributed by atoms with Gasteiger partial charge in [0.1, 0.15) is 51.7 Å². The Bertz CT molecular complexity index is 1780. The van der Waals surface area contributed by atoms with Crippen LogP contribution in [0.15, 0.2) is 83.5 Å². The summed E-state index contributed by atoms with van der Waals surface area (Å²) in [4.78, 5) is 8.80. The summed E-state index contributed by atoms with van der Waals surface area (Å²) in [6.07, 6.45) is 2.67. The van der Waals surface area contributed by atoms with Crippen LogP contribution in [0, 0.1) is 5.82 Å². The minimum atomic E-state index is -3.03. The van der Waals surface area contributed by atoms with Gasteiger partial charge in [-0.25, -0.2) is 22.8 Å². The highest BCUT2D eigenvalue weighted by molar-refractivity contribution is 7.90. The number of hydrogen-bond acceptors (Lipinski definition) is 9. The number of sulfone groups is 1. The Hall–Kier alpha value is -4.03. The molecule has 0 aliphatic carbocycles. The molecule has 41 heavy (non-hydrogen) atoms. The van der Waals surface area contributed by atoms with E-state index in [1.165, 1.54) is 18.6 Å². The van der Waals surface area contributed by atoms with E-state index in [0.717, 1.165) is 16.5 Å². The van der Waals surface area contributed by atoms with Crippen molar-refractivity contribution in [1.29, 1.82) is 0 Å². The van der Waals surface area contributed by atoms with Crippen LogP contribution >= 0.6 is 11.6 Å². The van der Waals surface area contributed by atoms with Gasteiger partial charge in [0.2, 0.25) is 0 Å². The number of halogens is 2. The molecule has 0 bridgehead atoms. The van der Waals surface area contributed by atoms with Crippen LogP contribution in [0.3, 0.4) is 0 Å². The second-order valence-electron chi connectivity index (χ2n) is 9.28. The average molecular weight is 596 g/mol. The first-order valence-corrected chi connectivity index (χ1v) is 15.1. The minimum absolute atomic E-state index is 0.0402. The third kappa shape index (κ3) is 7.59. The normalized spacial score (nSPS) is 11.6. The molecule has 5 rings (SSSR count). The Labute approximate surface area is 241 Å². The Morgan fingerprint density at radius 2 is 1.85 bits per heavy atom. The molecule has 0 radical (unpaired) electrons. The lowest BCUT2D eigenvalue weighted by Gasteiger charge is -2.12. The summed E-state index contributed by atoms with van der Waals surface area (Å²) in [7, 11) is -3.03. The fraction of sp³-hybridized carbons (Fsp3) is 0.172. The first-order chi connectivity index (χ1) is 19.7. The lowest BCUT2D eigenvalue weighted by molar-refractivity contribution is 0.300. The van der Waals surface area contributed by atoms with Gasteiger partial charge in [0.15, 0.2) is 0 Å². The van der Waals surface area contributed by atoms with Gasteiger partial charge in [-0.2, -0.15) is 0 Å². The zero-order valence-electron chi connectivity index (χ0n) is 22.0. The summed E-state index contributed by atoms with van der Waals surface area (Å²) in [5.41, 5.74) is 8.53. The van der Waals surface area contributed by atoms with E-state index >= 15 is 0 Å². The van der Waals surface area contributed by atoms with Gasteiger partial charge in [0, 0.05) is 35.0 Å². The van der Waals surface area contributed by atoms with Crippen LogP contribution in [0.1, 0.15) is 11.3 Å². The molecule has 0 saturated heterocycles. The van der Waals surface area contributed by atoms with Crippen LogP contribution in [0.4, 0.5) is 15.9 Å². The number of hydrogen-bond donors (Lipinski definition) is 3. The lowest BCUT2D eigenvalue weighted by Crippen LogP contribution is -2.34. The highest BCUT2D eigenvalue weighted by Crippen LogP contribution is 2.33. The van der Waals surface area contributed by atoms with Crippen LogP contribution in [-0.4, -0.2) is 36.9 Å². The molecule has 0 aliphatic heterocycles. The smallest absolute Gasteiger partial charge is 0.148 e. The van der Waals surface area contributed by atoms with Crippen LogP contribution in [0.25, 0.3) is 22.2 Å². The maximum atomic E-state index is 13.9. The van der Waals surface area contributed by atoms with Crippen LogP contribution in [0.2, 0.25) is 5.02 Å².